The monoisotopic (exact) mass is 324 g/mol. The summed E-state index contributed by atoms with van der Waals surface area (Å²) in [6.07, 6.45) is 0. The van der Waals surface area contributed by atoms with Crippen LogP contribution in [0.4, 0.5) is 20.2 Å². The lowest BCUT2D eigenvalue weighted by atomic mass is 10.1. The summed E-state index contributed by atoms with van der Waals surface area (Å²) in [6, 6.07) is 7.58. The molecule has 2 N–H and O–H groups in total. The van der Waals surface area contributed by atoms with Crippen LogP contribution in [-0.2, 0) is 4.79 Å². The molecule has 4 nitrogen and oxygen atoms in total. The van der Waals surface area contributed by atoms with E-state index in [-0.39, 0.29) is 27.9 Å². The number of rotatable bonds is 3. The number of halogens is 3. The summed E-state index contributed by atoms with van der Waals surface area (Å²) in [7, 11) is 0. The van der Waals surface area contributed by atoms with E-state index in [4.69, 9.17) is 11.6 Å². The summed E-state index contributed by atoms with van der Waals surface area (Å²) in [6.45, 7) is 1.28. The molecule has 2 amide bonds. The van der Waals surface area contributed by atoms with Gasteiger partial charge in [-0.3, -0.25) is 9.59 Å². The fourth-order valence-electron chi connectivity index (χ4n) is 1.77. The Morgan fingerprint density at radius 3 is 2.50 bits per heavy atom. The fraction of sp³-hybridized carbons (Fsp3) is 0.0667. The van der Waals surface area contributed by atoms with Crippen molar-refractivity contribution in [2.45, 2.75) is 6.92 Å². The molecule has 0 aliphatic heterocycles. The van der Waals surface area contributed by atoms with E-state index in [1.807, 2.05) is 0 Å². The molecule has 0 saturated carbocycles. The number of nitrogens with one attached hydrogen (secondary N) is 2. The Morgan fingerprint density at radius 2 is 1.82 bits per heavy atom. The lowest BCUT2D eigenvalue weighted by Gasteiger charge is -2.09. The highest BCUT2D eigenvalue weighted by atomic mass is 35.5. The molecule has 0 aromatic heterocycles. The molecular formula is C15H11ClF2N2O2. The molecule has 0 saturated heterocycles. The van der Waals surface area contributed by atoms with Crippen LogP contribution in [0.25, 0.3) is 0 Å². The van der Waals surface area contributed by atoms with E-state index in [2.05, 4.69) is 10.6 Å². The van der Waals surface area contributed by atoms with Crippen LogP contribution in [0, 0.1) is 11.6 Å². The van der Waals surface area contributed by atoms with Gasteiger partial charge in [-0.2, -0.15) is 0 Å². The topological polar surface area (TPSA) is 58.2 Å². The molecule has 0 heterocycles. The molecule has 2 rings (SSSR count). The minimum absolute atomic E-state index is 0.162. The maximum Gasteiger partial charge on any atom is 0.258 e. The second kappa shape index (κ2) is 6.53. The van der Waals surface area contributed by atoms with E-state index < -0.39 is 17.5 Å². The predicted octanol–water partition coefficient (Wildman–Crippen LogP) is 3.83. The molecule has 0 unspecified atom stereocenters. The second-order valence-electron chi connectivity index (χ2n) is 4.43. The van der Waals surface area contributed by atoms with Gasteiger partial charge in [-0.15, -0.1) is 0 Å². The van der Waals surface area contributed by atoms with Gasteiger partial charge in [0.25, 0.3) is 5.91 Å². The summed E-state index contributed by atoms with van der Waals surface area (Å²) < 4.78 is 27.5. The van der Waals surface area contributed by atoms with Crippen LogP contribution in [0.3, 0.4) is 0 Å². The fourth-order valence-corrected chi connectivity index (χ4v) is 1.94. The molecule has 7 heteroatoms. The SMILES string of the molecule is CC(=O)Nc1ccc(F)c(C(=O)Nc2cccc(Cl)c2F)c1. The van der Waals surface area contributed by atoms with Gasteiger partial charge in [0, 0.05) is 12.6 Å². The van der Waals surface area contributed by atoms with Gasteiger partial charge in [-0.05, 0) is 30.3 Å². The molecule has 22 heavy (non-hydrogen) atoms. The van der Waals surface area contributed by atoms with Crippen LogP contribution in [0.2, 0.25) is 5.02 Å². The zero-order valence-electron chi connectivity index (χ0n) is 11.4. The highest BCUT2D eigenvalue weighted by Crippen LogP contribution is 2.23. The van der Waals surface area contributed by atoms with Gasteiger partial charge < -0.3 is 10.6 Å². The number of hydrogen-bond acceptors (Lipinski definition) is 2. The highest BCUT2D eigenvalue weighted by molar-refractivity contribution is 6.31. The van der Waals surface area contributed by atoms with Crippen molar-refractivity contribution in [3.05, 3.63) is 58.6 Å². The molecule has 2 aromatic carbocycles. The number of benzene rings is 2. The molecule has 0 atom stereocenters. The smallest absolute Gasteiger partial charge is 0.258 e. The van der Waals surface area contributed by atoms with Crippen molar-refractivity contribution in [2.24, 2.45) is 0 Å². The number of amides is 2. The molecule has 114 valence electrons. The minimum atomic E-state index is -0.856. The van der Waals surface area contributed by atoms with Crippen molar-refractivity contribution in [3.8, 4) is 0 Å². The van der Waals surface area contributed by atoms with Crippen molar-refractivity contribution in [3.63, 3.8) is 0 Å². The van der Waals surface area contributed by atoms with Gasteiger partial charge in [-0.1, -0.05) is 17.7 Å². The first-order chi connectivity index (χ1) is 10.4. The van der Waals surface area contributed by atoms with E-state index in [1.165, 1.54) is 31.2 Å². The Hall–Kier alpha value is -2.47. The van der Waals surface area contributed by atoms with Crippen molar-refractivity contribution in [1.29, 1.82) is 0 Å². The zero-order chi connectivity index (χ0) is 16.3. The molecule has 0 radical (unpaired) electrons. The third-order valence-electron chi connectivity index (χ3n) is 2.73. The molecular weight excluding hydrogens is 314 g/mol. The molecule has 0 aliphatic rings. The second-order valence-corrected chi connectivity index (χ2v) is 4.84. The summed E-state index contributed by atoms with van der Waals surface area (Å²) in [5.74, 6) is -2.82. The average molecular weight is 325 g/mol. The van der Waals surface area contributed by atoms with Crippen molar-refractivity contribution >= 4 is 34.8 Å². The quantitative estimate of drug-likeness (QED) is 0.901. The first-order valence-corrected chi connectivity index (χ1v) is 6.59. The standard InChI is InChI=1S/C15H11ClF2N2O2/c1-8(21)19-9-5-6-12(17)10(7-9)15(22)20-13-4-2-3-11(16)14(13)18/h2-7H,1H3,(H,19,21)(H,20,22). The summed E-state index contributed by atoms with van der Waals surface area (Å²) in [5, 5.41) is 4.51. The number of carbonyl (C=O) groups is 2. The molecule has 2 aromatic rings. The molecule has 0 spiro atoms. The van der Waals surface area contributed by atoms with Crippen LogP contribution in [0.5, 0.6) is 0 Å². The number of hydrogen-bond donors (Lipinski definition) is 2. The third kappa shape index (κ3) is 3.59. The van der Waals surface area contributed by atoms with E-state index in [0.717, 1.165) is 12.1 Å². The van der Waals surface area contributed by atoms with Gasteiger partial charge in [-0.25, -0.2) is 8.78 Å². The van der Waals surface area contributed by atoms with E-state index in [9.17, 15) is 18.4 Å². The lowest BCUT2D eigenvalue weighted by molar-refractivity contribution is -0.114. The van der Waals surface area contributed by atoms with Crippen LogP contribution in [0.1, 0.15) is 17.3 Å². The van der Waals surface area contributed by atoms with Crippen molar-refractivity contribution in [2.75, 3.05) is 10.6 Å². The number of carbonyl (C=O) groups excluding carboxylic acids is 2. The van der Waals surface area contributed by atoms with Gasteiger partial charge >= 0.3 is 0 Å². The first kappa shape index (κ1) is 15.9. The van der Waals surface area contributed by atoms with Crippen LogP contribution >= 0.6 is 11.6 Å². The van der Waals surface area contributed by atoms with Gasteiger partial charge in [0.05, 0.1) is 16.3 Å². The Labute approximate surface area is 130 Å². The zero-order valence-corrected chi connectivity index (χ0v) is 12.2. The van der Waals surface area contributed by atoms with Crippen LogP contribution < -0.4 is 10.6 Å². The number of anilines is 2. The van der Waals surface area contributed by atoms with Gasteiger partial charge in [0.2, 0.25) is 5.91 Å². The third-order valence-corrected chi connectivity index (χ3v) is 3.02. The van der Waals surface area contributed by atoms with E-state index in [0.29, 0.717) is 0 Å². The average Bonchev–Trinajstić information content (AvgIpc) is 2.45. The van der Waals surface area contributed by atoms with Crippen LogP contribution in [0.15, 0.2) is 36.4 Å². The molecule has 0 fully saturated rings. The summed E-state index contributed by atoms with van der Waals surface area (Å²) >= 11 is 5.61. The Morgan fingerprint density at radius 1 is 1.09 bits per heavy atom. The largest absolute Gasteiger partial charge is 0.326 e. The Bertz CT molecular complexity index is 750. The lowest BCUT2D eigenvalue weighted by Crippen LogP contribution is -2.16. The molecule has 0 aliphatic carbocycles. The highest BCUT2D eigenvalue weighted by Gasteiger charge is 2.16. The predicted molar refractivity (Wildman–Crippen MR) is 80.1 cm³/mol. The van der Waals surface area contributed by atoms with Crippen molar-refractivity contribution in [1.82, 2.24) is 0 Å². The van der Waals surface area contributed by atoms with Crippen LogP contribution in [-0.4, -0.2) is 11.8 Å². The Balaban J connectivity index is 2.29. The normalized spacial score (nSPS) is 10.2. The van der Waals surface area contributed by atoms with E-state index >= 15 is 0 Å². The summed E-state index contributed by atoms with van der Waals surface area (Å²) in [4.78, 5) is 23.0. The van der Waals surface area contributed by atoms with Crippen molar-refractivity contribution < 1.29 is 18.4 Å². The summed E-state index contributed by atoms with van der Waals surface area (Å²) in [5.41, 5.74) is -0.238. The maximum absolute atomic E-state index is 13.7. The van der Waals surface area contributed by atoms with Gasteiger partial charge in [0.15, 0.2) is 5.82 Å². The molecule has 0 bridgehead atoms. The van der Waals surface area contributed by atoms with E-state index in [1.54, 1.807) is 0 Å². The Kier molecular flexibility index (Phi) is 4.72. The van der Waals surface area contributed by atoms with Gasteiger partial charge in [0.1, 0.15) is 5.82 Å². The first-order valence-electron chi connectivity index (χ1n) is 6.21. The minimum Gasteiger partial charge on any atom is -0.326 e. The maximum atomic E-state index is 13.7.